The van der Waals surface area contributed by atoms with Crippen LogP contribution in [0.1, 0.15) is 47.4 Å². The standard InChI is InChI=1S/C34H29N3O3S/c1-22(38)29-27-18-11-19-40-30-28(27)32(33(39)36-29)41-31(30)23-20-35-37(21-23)34(24-12-5-2-6-13-24,25-14-7-3-8-15-25)26-16-9-4-10-17-26/h2-10,12-17,20-22,38H,11,18-19H2,1H3,(H,36,39). The van der Waals surface area contributed by atoms with Gasteiger partial charge in [0.25, 0.3) is 5.56 Å². The molecule has 2 N–H and O–H groups in total. The van der Waals surface area contributed by atoms with Crippen LogP contribution in [0.5, 0.6) is 5.75 Å². The molecule has 41 heavy (non-hydrogen) atoms. The predicted octanol–water partition coefficient (Wildman–Crippen LogP) is 6.67. The number of aliphatic hydroxyl groups excluding tert-OH is 1. The van der Waals surface area contributed by atoms with Crippen LogP contribution in [0.15, 0.2) is 108 Å². The number of hydrogen-bond donors (Lipinski definition) is 2. The molecule has 0 bridgehead atoms. The number of H-pyrrole nitrogens is 1. The van der Waals surface area contributed by atoms with Gasteiger partial charge in [-0.05, 0) is 42.0 Å². The zero-order valence-electron chi connectivity index (χ0n) is 22.6. The van der Waals surface area contributed by atoms with E-state index in [0.717, 1.165) is 50.9 Å². The molecular formula is C34H29N3O3S. The quantitative estimate of drug-likeness (QED) is 0.223. The highest BCUT2D eigenvalue weighted by Gasteiger charge is 2.39. The summed E-state index contributed by atoms with van der Waals surface area (Å²) in [5.74, 6) is 0.704. The summed E-state index contributed by atoms with van der Waals surface area (Å²) in [6.07, 6.45) is 4.68. The van der Waals surface area contributed by atoms with E-state index in [1.165, 1.54) is 11.3 Å². The second kappa shape index (κ2) is 10.2. The number of pyridine rings is 1. The first-order chi connectivity index (χ1) is 20.1. The fourth-order valence-corrected chi connectivity index (χ4v) is 7.31. The number of hydrogen-bond acceptors (Lipinski definition) is 5. The summed E-state index contributed by atoms with van der Waals surface area (Å²) < 4.78 is 8.97. The molecule has 6 aromatic rings. The molecule has 1 atom stereocenters. The van der Waals surface area contributed by atoms with Crippen LogP contribution < -0.4 is 10.3 Å². The Hall–Kier alpha value is -4.46. The summed E-state index contributed by atoms with van der Waals surface area (Å²) in [6, 6.07) is 31.3. The van der Waals surface area contributed by atoms with Gasteiger partial charge in [-0.25, -0.2) is 0 Å². The number of aryl methyl sites for hydroxylation is 1. The lowest BCUT2D eigenvalue weighted by atomic mass is 9.77. The van der Waals surface area contributed by atoms with Gasteiger partial charge in [0.1, 0.15) is 16.0 Å². The van der Waals surface area contributed by atoms with E-state index < -0.39 is 11.6 Å². The number of aromatic nitrogens is 3. The molecule has 0 spiro atoms. The summed E-state index contributed by atoms with van der Waals surface area (Å²) in [6.45, 7) is 2.23. The molecule has 0 fully saturated rings. The smallest absolute Gasteiger partial charge is 0.266 e. The Morgan fingerprint density at radius 2 is 1.54 bits per heavy atom. The van der Waals surface area contributed by atoms with E-state index in [4.69, 9.17) is 9.84 Å². The maximum atomic E-state index is 13.2. The topological polar surface area (TPSA) is 80.1 Å². The molecule has 6 nitrogen and oxygen atoms in total. The third kappa shape index (κ3) is 4.04. The van der Waals surface area contributed by atoms with E-state index in [0.29, 0.717) is 22.8 Å². The average Bonchev–Trinajstić information content (AvgIpc) is 3.58. The van der Waals surface area contributed by atoms with Crippen LogP contribution in [-0.4, -0.2) is 26.5 Å². The number of rotatable bonds is 6. The molecule has 4 heterocycles. The van der Waals surface area contributed by atoms with E-state index in [1.807, 2.05) is 29.1 Å². The number of nitrogens with one attached hydrogen (secondary N) is 1. The molecule has 1 aliphatic rings. The van der Waals surface area contributed by atoms with Gasteiger partial charge in [0, 0.05) is 17.1 Å². The second-order valence-electron chi connectivity index (χ2n) is 10.4. The molecule has 0 amide bonds. The van der Waals surface area contributed by atoms with Crippen LogP contribution in [0.25, 0.3) is 20.5 Å². The minimum absolute atomic E-state index is 0.206. The van der Waals surface area contributed by atoms with Crippen LogP contribution in [0.4, 0.5) is 0 Å². The first-order valence-corrected chi connectivity index (χ1v) is 14.6. The van der Waals surface area contributed by atoms with Crippen molar-refractivity contribution >= 4 is 21.4 Å². The summed E-state index contributed by atoms with van der Waals surface area (Å²) in [4.78, 5) is 17.0. The zero-order chi connectivity index (χ0) is 28.0. The van der Waals surface area contributed by atoms with Crippen LogP contribution >= 0.6 is 11.3 Å². The van der Waals surface area contributed by atoms with E-state index in [2.05, 4.69) is 84.0 Å². The Bertz CT molecular complexity index is 1790. The number of ether oxygens (including phenoxy) is 1. The van der Waals surface area contributed by atoms with Crippen molar-refractivity contribution in [2.45, 2.75) is 31.4 Å². The number of thiophene rings is 1. The van der Waals surface area contributed by atoms with Crippen LogP contribution in [-0.2, 0) is 12.0 Å². The molecule has 0 radical (unpaired) electrons. The van der Waals surface area contributed by atoms with Gasteiger partial charge in [0.15, 0.2) is 0 Å². The van der Waals surface area contributed by atoms with Gasteiger partial charge < -0.3 is 14.8 Å². The SMILES string of the molecule is CC(O)c1[nH]c(=O)c2sc(-c3cnn(C(c4ccccc4)(c4ccccc4)c4ccccc4)c3)c3c2c1CCCO3. The highest BCUT2D eigenvalue weighted by Crippen LogP contribution is 2.48. The fraction of sp³-hybridized carbons (Fsp3) is 0.176. The first kappa shape index (κ1) is 25.5. The Labute approximate surface area is 241 Å². The predicted molar refractivity (Wildman–Crippen MR) is 163 cm³/mol. The largest absolute Gasteiger partial charge is 0.491 e. The Morgan fingerprint density at radius 1 is 0.951 bits per heavy atom. The summed E-state index contributed by atoms with van der Waals surface area (Å²) in [7, 11) is 0. The summed E-state index contributed by atoms with van der Waals surface area (Å²) in [5.41, 5.74) is 4.71. The molecular weight excluding hydrogens is 530 g/mol. The lowest BCUT2D eigenvalue weighted by Gasteiger charge is -2.36. The maximum Gasteiger partial charge on any atom is 0.266 e. The van der Waals surface area contributed by atoms with Crippen molar-refractivity contribution in [3.63, 3.8) is 0 Å². The monoisotopic (exact) mass is 559 g/mol. The molecule has 3 aromatic heterocycles. The van der Waals surface area contributed by atoms with E-state index >= 15 is 0 Å². The average molecular weight is 560 g/mol. The number of aromatic amines is 1. The Kier molecular flexibility index (Phi) is 6.33. The Balaban J connectivity index is 1.50. The molecule has 0 saturated carbocycles. The molecule has 7 heteroatoms. The third-order valence-electron chi connectivity index (χ3n) is 7.94. The minimum atomic E-state index is -0.776. The van der Waals surface area contributed by atoms with Crippen LogP contribution in [0.2, 0.25) is 0 Å². The van der Waals surface area contributed by atoms with Crippen molar-refractivity contribution < 1.29 is 9.84 Å². The molecule has 0 saturated heterocycles. The first-order valence-electron chi connectivity index (χ1n) is 13.8. The van der Waals surface area contributed by atoms with Gasteiger partial charge in [-0.3, -0.25) is 9.48 Å². The third-order valence-corrected chi connectivity index (χ3v) is 9.16. The van der Waals surface area contributed by atoms with Crippen LogP contribution in [0, 0.1) is 0 Å². The molecule has 7 rings (SSSR count). The van der Waals surface area contributed by atoms with Crippen molar-refractivity contribution in [3.05, 3.63) is 142 Å². The lowest BCUT2D eigenvalue weighted by Crippen LogP contribution is -2.38. The van der Waals surface area contributed by atoms with E-state index in [-0.39, 0.29) is 5.56 Å². The van der Waals surface area contributed by atoms with E-state index in [9.17, 15) is 9.90 Å². The second-order valence-corrected chi connectivity index (χ2v) is 11.4. The molecule has 1 unspecified atom stereocenters. The van der Waals surface area contributed by atoms with Gasteiger partial charge in [-0.2, -0.15) is 5.10 Å². The molecule has 1 aliphatic heterocycles. The van der Waals surface area contributed by atoms with Gasteiger partial charge in [0.2, 0.25) is 0 Å². The number of benzene rings is 3. The summed E-state index contributed by atoms with van der Waals surface area (Å²) >= 11 is 1.42. The van der Waals surface area contributed by atoms with Crippen LogP contribution in [0.3, 0.4) is 0 Å². The highest BCUT2D eigenvalue weighted by atomic mass is 32.1. The summed E-state index contributed by atoms with van der Waals surface area (Å²) in [5, 5.41) is 16.3. The van der Waals surface area contributed by atoms with Gasteiger partial charge in [0.05, 0.1) is 29.5 Å². The zero-order valence-corrected chi connectivity index (χ0v) is 23.4. The van der Waals surface area contributed by atoms with Gasteiger partial charge in [-0.1, -0.05) is 91.0 Å². The normalized spacial score (nSPS) is 14.0. The fourth-order valence-electron chi connectivity index (χ4n) is 6.16. The van der Waals surface area contributed by atoms with Gasteiger partial charge in [-0.15, -0.1) is 11.3 Å². The minimum Gasteiger partial charge on any atom is -0.491 e. The van der Waals surface area contributed by atoms with Crippen molar-refractivity contribution in [3.8, 4) is 16.2 Å². The number of aliphatic hydroxyl groups is 1. The molecule has 3 aromatic carbocycles. The molecule has 0 aliphatic carbocycles. The van der Waals surface area contributed by atoms with Gasteiger partial charge >= 0.3 is 0 Å². The molecule has 204 valence electrons. The van der Waals surface area contributed by atoms with Crippen molar-refractivity contribution in [1.82, 2.24) is 14.8 Å². The van der Waals surface area contributed by atoms with Crippen molar-refractivity contribution in [2.75, 3.05) is 6.61 Å². The van der Waals surface area contributed by atoms with Crippen molar-refractivity contribution in [2.24, 2.45) is 0 Å². The highest BCUT2D eigenvalue weighted by molar-refractivity contribution is 7.22. The maximum absolute atomic E-state index is 13.2. The lowest BCUT2D eigenvalue weighted by molar-refractivity contribution is 0.193. The number of nitrogens with zero attached hydrogens (tertiary/aromatic N) is 2. The Morgan fingerprint density at radius 3 is 2.10 bits per heavy atom. The van der Waals surface area contributed by atoms with E-state index in [1.54, 1.807) is 6.92 Å². The van der Waals surface area contributed by atoms with Crippen molar-refractivity contribution in [1.29, 1.82) is 0 Å².